The number of anilines is 2. The van der Waals surface area contributed by atoms with Crippen molar-refractivity contribution in [1.82, 2.24) is 0 Å². The van der Waals surface area contributed by atoms with Gasteiger partial charge in [0.15, 0.2) is 23.8 Å². The smallest absolute Gasteiger partial charge is 0.332 e. The molecule has 18 nitrogen and oxygen atoms in total. The van der Waals surface area contributed by atoms with Crippen LogP contribution in [0.2, 0.25) is 0 Å². The normalized spacial score (nSPS) is 13.1. The number of ketones is 2. The van der Waals surface area contributed by atoms with Crippen LogP contribution in [0.1, 0.15) is 70.4 Å². The third-order valence-corrected chi connectivity index (χ3v) is 8.27. The van der Waals surface area contributed by atoms with E-state index in [0.717, 1.165) is 0 Å². The Morgan fingerprint density at radius 2 is 0.875 bits per heavy atom. The number of carbonyl (C=O) groups excluding carboxylic acids is 2. The summed E-state index contributed by atoms with van der Waals surface area (Å²) in [4.78, 5) is 71.0. The van der Waals surface area contributed by atoms with E-state index in [-0.39, 0.29) is 101 Å². The molecule has 6 N–H and O–H groups in total. The SMILES string of the molecule is O=C(O)CCC(OCCOCCOCCCNc1ccc(NCCCOCCOCCOC(CCC(=O)O)C(=O)O)c2c1C(=O)c1ccccc1C2=O)C(=O)O. The number of hydrogen-bond donors (Lipinski definition) is 6. The Morgan fingerprint density at radius 1 is 0.518 bits per heavy atom. The number of rotatable bonds is 32. The zero-order valence-electron chi connectivity index (χ0n) is 31.0. The molecule has 1 aliphatic carbocycles. The summed E-state index contributed by atoms with van der Waals surface area (Å²) in [5.41, 5.74) is 2.29. The maximum absolute atomic E-state index is 13.7. The number of ether oxygens (including phenoxy) is 6. The fourth-order valence-corrected chi connectivity index (χ4v) is 5.52. The maximum Gasteiger partial charge on any atom is 0.332 e. The first-order chi connectivity index (χ1) is 27.0. The molecule has 2 unspecified atom stereocenters. The number of carboxylic acids is 4. The van der Waals surface area contributed by atoms with E-state index >= 15 is 0 Å². The first kappa shape index (κ1) is 45.4. The molecule has 0 saturated carbocycles. The van der Waals surface area contributed by atoms with E-state index < -0.39 is 36.1 Å². The van der Waals surface area contributed by atoms with Gasteiger partial charge in [-0.2, -0.15) is 0 Å². The van der Waals surface area contributed by atoms with Crippen LogP contribution in [0.5, 0.6) is 0 Å². The van der Waals surface area contributed by atoms with Crippen LogP contribution in [0.25, 0.3) is 0 Å². The summed E-state index contributed by atoms with van der Waals surface area (Å²) in [6.45, 7) is 2.96. The van der Waals surface area contributed by atoms with E-state index in [4.69, 9.17) is 48.8 Å². The lowest BCUT2D eigenvalue weighted by Crippen LogP contribution is -2.26. The van der Waals surface area contributed by atoms with Crippen LogP contribution in [-0.2, 0) is 47.6 Å². The Bertz CT molecular complexity index is 1500. The van der Waals surface area contributed by atoms with Crippen molar-refractivity contribution in [2.45, 2.75) is 50.7 Å². The van der Waals surface area contributed by atoms with Crippen molar-refractivity contribution >= 4 is 46.8 Å². The van der Waals surface area contributed by atoms with E-state index in [1.54, 1.807) is 36.4 Å². The van der Waals surface area contributed by atoms with Crippen molar-refractivity contribution in [3.05, 3.63) is 58.7 Å². The number of aliphatic carboxylic acids is 4. The molecule has 0 aromatic heterocycles. The van der Waals surface area contributed by atoms with E-state index in [0.29, 0.717) is 61.6 Å². The van der Waals surface area contributed by atoms with Gasteiger partial charge < -0.3 is 59.5 Å². The second-order valence-electron chi connectivity index (χ2n) is 12.4. The minimum atomic E-state index is -1.23. The quantitative estimate of drug-likeness (QED) is 0.0497. The standard InChI is InChI=1S/C38H50N2O16/c41-31(42)11-9-29(37(47)48)55-23-21-53-19-17-51-15-3-13-39-27-7-8-28(34-33(27)35(45)25-5-1-2-6-26(25)36(34)46)40-14-4-16-52-18-20-54-22-24-56-30(38(49)50)10-12-32(43)44/h1-2,5-8,29-30,39-40H,3-4,9-24H2,(H,41,42)(H,43,44)(H,47,48)(H,49,50). The molecule has 0 aliphatic heterocycles. The molecule has 0 radical (unpaired) electrons. The summed E-state index contributed by atoms with van der Waals surface area (Å²) in [7, 11) is 0. The molecule has 0 amide bonds. The van der Waals surface area contributed by atoms with Crippen molar-refractivity contribution in [3.63, 3.8) is 0 Å². The van der Waals surface area contributed by atoms with Crippen molar-refractivity contribution in [2.24, 2.45) is 0 Å². The van der Waals surface area contributed by atoms with E-state index in [2.05, 4.69) is 10.6 Å². The Hall–Kier alpha value is -4.98. The molecule has 0 bridgehead atoms. The molecule has 56 heavy (non-hydrogen) atoms. The van der Waals surface area contributed by atoms with Gasteiger partial charge in [0, 0.05) is 61.6 Å². The topological polar surface area (TPSA) is 263 Å². The van der Waals surface area contributed by atoms with Gasteiger partial charge in [0.2, 0.25) is 0 Å². The Kier molecular flexibility index (Phi) is 20.5. The molecule has 2 aromatic rings. The zero-order valence-corrected chi connectivity index (χ0v) is 31.0. The molecule has 0 spiro atoms. The molecular formula is C38H50N2O16. The van der Waals surface area contributed by atoms with Crippen LogP contribution < -0.4 is 10.6 Å². The van der Waals surface area contributed by atoms with Gasteiger partial charge in [0.1, 0.15) is 0 Å². The zero-order chi connectivity index (χ0) is 40.7. The Labute approximate surface area is 323 Å². The van der Waals surface area contributed by atoms with E-state index in [9.17, 15) is 28.8 Å². The van der Waals surface area contributed by atoms with Gasteiger partial charge in [-0.15, -0.1) is 0 Å². The van der Waals surface area contributed by atoms with Gasteiger partial charge in [0.05, 0.1) is 64.0 Å². The molecule has 2 atom stereocenters. The number of carboxylic acid groups (broad SMARTS) is 4. The summed E-state index contributed by atoms with van der Waals surface area (Å²) in [6, 6.07) is 10.2. The number of fused-ring (bicyclic) bond motifs is 2. The number of carbonyl (C=O) groups is 6. The minimum Gasteiger partial charge on any atom is -0.481 e. The predicted octanol–water partition coefficient (Wildman–Crippen LogP) is 2.80. The summed E-state index contributed by atoms with van der Waals surface area (Å²) in [6.07, 6.45) is -2.16. The minimum absolute atomic E-state index is 0.00434. The highest BCUT2D eigenvalue weighted by molar-refractivity contribution is 6.31. The van der Waals surface area contributed by atoms with Crippen LogP contribution in [0, 0.1) is 0 Å². The van der Waals surface area contributed by atoms with Crippen LogP contribution in [0.4, 0.5) is 11.4 Å². The molecule has 3 rings (SSSR count). The average molecular weight is 791 g/mol. The van der Waals surface area contributed by atoms with Gasteiger partial charge in [-0.05, 0) is 37.8 Å². The molecule has 1 aliphatic rings. The second kappa shape index (κ2) is 25.2. The highest BCUT2D eigenvalue weighted by Crippen LogP contribution is 2.36. The third kappa shape index (κ3) is 15.6. The van der Waals surface area contributed by atoms with Crippen molar-refractivity contribution in [2.75, 3.05) is 89.8 Å². The molecule has 0 fully saturated rings. The van der Waals surface area contributed by atoms with Crippen LogP contribution >= 0.6 is 0 Å². The highest BCUT2D eigenvalue weighted by Gasteiger charge is 2.33. The Balaban J connectivity index is 1.38. The monoisotopic (exact) mass is 790 g/mol. The molecule has 2 aromatic carbocycles. The molecule has 0 heterocycles. The van der Waals surface area contributed by atoms with Crippen LogP contribution in [-0.4, -0.2) is 147 Å². The highest BCUT2D eigenvalue weighted by atomic mass is 16.6. The van der Waals surface area contributed by atoms with Gasteiger partial charge in [0.25, 0.3) is 0 Å². The predicted molar refractivity (Wildman–Crippen MR) is 198 cm³/mol. The van der Waals surface area contributed by atoms with Crippen LogP contribution in [0.3, 0.4) is 0 Å². The van der Waals surface area contributed by atoms with Gasteiger partial charge >= 0.3 is 23.9 Å². The molecular weight excluding hydrogens is 740 g/mol. The molecule has 0 saturated heterocycles. The van der Waals surface area contributed by atoms with Gasteiger partial charge in [-0.25, -0.2) is 9.59 Å². The van der Waals surface area contributed by atoms with Crippen LogP contribution in [0.15, 0.2) is 36.4 Å². The Morgan fingerprint density at radius 3 is 1.23 bits per heavy atom. The molecule has 18 heteroatoms. The maximum atomic E-state index is 13.7. The van der Waals surface area contributed by atoms with E-state index in [1.165, 1.54) is 0 Å². The number of hydrogen-bond acceptors (Lipinski definition) is 14. The summed E-state index contributed by atoms with van der Waals surface area (Å²) >= 11 is 0. The summed E-state index contributed by atoms with van der Waals surface area (Å²) in [5, 5.41) is 42.2. The third-order valence-electron chi connectivity index (χ3n) is 8.27. The van der Waals surface area contributed by atoms with Gasteiger partial charge in [-0.3, -0.25) is 19.2 Å². The van der Waals surface area contributed by atoms with Crippen molar-refractivity contribution in [1.29, 1.82) is 0 Å². The van der Waals surface area contributed by atoms with Crippen molar-refractivity contribution in [3.8, 4) is 0 Å². The number of benzene rings is 2. The fraction of sp³-hybridized carbons (Fsp3) is 0.526. The lowest BCUT2D eigenvalue weighted by Gasteiger charge is -2.24. The first-order valence-corrected chi connectivity index (χ1v) is 18.3. The van der Waals surface area contributed by atoms with Gasteiger partial charge in [-0.1, -0.05) is 24.3 Å². The molecule has 308 valence electrons. The first-order valence-electron chi connectivity index (χ1n) is 18.3. The summed E-state index contributed by atoms with van der Waals surface area (Å²) < 4.78 is 32.3. The average Bonchev–Trinajstić information content (AvgIpc) is 3.16. The lowest BCUT2D eigenvalue weighted by molar-refractivity contribution is -0.154. The summed E-state index contributed by atoms with van der Waals surface area (Å²) in [5.74, 6) is -5.18. The number of nitrogens with one attached hydrogen (secondary N) is 2. The lowest BCUT2D eigenvalue weighted by atomic mass is 9.82. The van der Waals surface area contributed by atoms with E-state index in [1.807, 2.05) is 0 Å². The second-order valence-corrected chi connectivity index (χ2v) is 12.4. The van der Waals surface area contributed by atoms with Crippen molar-refractivity contribution < 1.29 is 77.6 Å². The fourth-order valence-electron chi connectivity index (χ4n) is 5.52. The largest absolute Gasteiger partial charge is 0.481 e.